The molecule has 0 saturated carbocycles. The van der Waals surface area contributed by atoms with Crippen molar-refractivity contribution in [3.63, 3.8) is 0 Å². The number of rotatable bonds is 11. The summed E-state index contributed by atoms with van der Waals surface area (Å²) in [6.45, 7) is 8.64. The molecule has 3 aromatic carbocycles. The number of thiophene rings is 1. The smallest absolute Gasteiger partial charge is 0.276 e. The van der Waals surface area contributed by atoms with Gasteiger partial charge >= 0.3 is 0 Å². The Hall–Kier alpha value is -5.25. The molecule has 0 bridgehead atoms. The minimum atomic E-state index is -0.691. The second-order valence-electron chi connectivity index (χ2n) is 13.3. The lowest BCUT2D eigenvalue weighted by molar-refractivity contribution is -0.385. The first-order valence-electron chi connectivity index (χ1n) is 16.6. The second kappa shape index (κ2) is 16.2. The Bertz CT molecular complexity index is 2030. The first-order valence-corrected chi connectivity index (χ1v) is 18.3. The summed E-state index contributed by atoms with van der Waals surface area (Å²) in [6, 6.07) is 23.5. The molecular weight excluding hydrogens is 683 g/mol. The lowest BCUT2D eigenvalue weighted by Crippen LogP contribution is -2.30. The molecule has 1 aliphatic carbocycles. The highest BCUT2D eigenvalue weighted by atomic mass is 32.2. The van der Waals surface area contributed by atoms with E-state index < -0.39 is 22.0 Å². The first kappa shape index (κ1) is 37.0. The molecule has 1 aliphatic rings. The quantitative estimate of drug-likeness (QED) is 0.0607. The van der Waals surface area contributed by atoms with E-state index in [-0.39, 0.29) is 28.3 Å². The number of fused-ring (bicyclic) bond motifs is 1. The van der Waals surface area contributed by atoms with Gasteiger partial charge in [0.1, 0.15) is 16.8 Å². The van der Waals surface area contributed by atoms with Crippen LogP contribution in [-0.4, -0.2) is 27.9 Å². The Kier molecular flexibility index (Phi) is 11.7. The summed E-state index contributed by atoms with van der Waals surface area (Å²) in [4.78, 5) is 53.3. The maximum absolute atomic E-state index is 13.6. The van der Waals surface area contributed by atoms with Crippen LogP contribution in [0.2, 0.25) is 0 Å². The summed E-state index contributed by atoms with van der Waals surface area (Å²) >= 11 is 2.84. The maximum Gasteiger partial charge on any atom is 0.276 e. The number of anilines is 2. The van der Waals surface area contributed by atoms with Crippen molar-refractivity contribution in [1.29, 1.82) is 5.26 Å². The van der Waals surface area contributed by atoms with E-state index in [4.69, 9.17) is 0 Å². The van der Waals surface area contributed by atoms with Crippen molar-refractivity contribution in [3.05, 3.63) is 122 Å². The Morgan fingerprint density at radius 2 is 1.78 bits per heavy atom. The summed E-state index contributed by atoms with van der Waals surface area (Å²) in [5.41, 5.74) is 2.20. The van der Waals surface area contributed by atoms with E-state index in [2.05, 4.69) is 42.8 Å². The molecule has 3 amide bonds. The number of nitro benzene ring substituents is 1. The number of nitriles is 1. The Labute approximate surface area is 305 Å². The fraction of sp³-hybridized carbons (Fsp3) is 0.282. The van der Waals surface area contributed by atoms with Crippen molar-refractivity contribution >= 4 is 63.3 Å². The molecule has 1 heterocycles. The summed E-state index contributed by atoms with van der Waals surface area (Å²) in [5, 5.41) is 30.2. The number of nitro groups is 1. The number of hydrogen-bond acceptors (Lipinski definition) is 8. The van der Waals surface area contributed by atoms with Gasteiger partial charge in [-0.05, 0) is 85.1 Å². The number of thioether (sulfide) groups is 1. The number of carbonyl (C=O) groups is 3. The van der Waals surface area contributed by atoms with Crippen LogP contribution in [-0.2, 0) is 22.4 Å². The monoisotopic (exact) mass is 721 g/mol. The standard InChI is InChI=1S/C39H39N5O5S2/c1-5-33(37(47)43-38-30(23-40)29-19-18-26(39(2,3)4)21-34(29)51-38)50-28-16-11-15-27(22-28)41-36(46)31(42-35(45)24-12-7-6-8-13-24)20-25-14-9-10-17-32(25)44(48)49/h6-17,20,22,26,33H,5,18-19,21H2,1-4H3,(H,41,46)(H,42,45)(H,43,47)/b31-20+. The van der Waals surface area contributed by atoms with Crippen LogP contribution in [0.4, 0.5) is 16.4 Å². The van der Waals surface area contributed by atoms with Gasteiger partial charge in [0.2, 0.25) is 5.91 Å². The zero-order valence-electron chi connectivity index (χ0n) is 28.8. The van der Waals surface area contributed by atoms with Crippen molar-refractivity contribution in [2.75, 3.05) is 10.6 Å². The number of amides is 3. The number of benzene rings is 3. The Morgan fingerprint density at radius 3 is 2.47 bits per heavy atom. The van der Waals surface area contributed by atoms with Crippen LogP contribution in [0.1, 0.15) is 72.5 Å². The third-order valence-corrected chi connectivity index (χ3v) is 11.4. The van der Waals surface area contributed by atoms with Crippen LogP contribution < -0.4 is 16.0 Å². The van der Waals surface area contributed by atoms with Gasteiger partial charge in [0.05, 0.1) is 21.3 Å². The van der Waals surface area contributed by atoms with Crippen LogP contribution in [0.5, 0.6) is 0 Å². The van der Waals surface area contributed by atoms with Crippen molar-refractivity contribution in [1.82, 2.24) is 5.32 Å². The number of hydrogen-bond donors (Lipinski definition) is 3. The van der Waals surface area contributed by atoms with E-state index in [1.54, 1.807) is 54.6 Å². The summed E-state index contributed by atoms with van der Waals surface area (Å²) in [6.07, 6.45) is 4.52. The van der Waals surface area contributed by atoms with Crippen LogP contribution in [0.25, 0.3) is 6.08 Å². The van der Waals surface area contributed by atoms with E-state index in [0.29, 0.717) is 39.0 Å². The van der Waals surface area contributed by atoms with E-state index in [0.717, 1.165) is 24.8 Å². The van der Waals surface area contributed by atoms with E-state index in [9.17, 15) is 29.8 Å². The zero-order chi connectivity index (χ0) is 36.7. The average Bonchev–Trinajstić information content (AvgIpc) is 3.46. The summed E-state index contributed by atoms with van der Waals surface area (Å²) < 4.78 is 0. The highest BCUT2D eigenvalue weighted by molar-refractivity contribution is 8.00. The molecule has 0 spiro atoms. The fourth-order valence-corrected chi connectivity index (χ4v) is 8.22. The van der Waals surface area contributed by atoms with Gasteiger partial charge in [0, 0.05) is 27.1 Å². The first-order chi connectivity index (χ1) is 24.4. The van der Waals surface area contributed by atoms with Crippen molar-refractivity contribution in [2.45, 2.75) is 63.5 Å². The molecule has 2 unspecified atom stereocenters. The molecule has 0 aliphatic heterocycles. The van der Waals surface area contributed by atoms with Gasteiger partial charge < -0.3 is 16.0 Å². The predicted octanol–water partition coefficient (Wildman–Crippen LogP) is 8.60. The minimum Gasteiger partial charge on any atom is -0.321 e. The number of para-hydroxylation sites is 1. The predicted molar refractivity (Wildman–Crippen MR) is 203 cm³/mol. The third-order valence-electron chi connectivity index (χ3n) is 8.83. The zero-order valence-corrected chi connectivity index (χ0v) is 30.5. The molecule has 4 aromatic rings. The molecule has 51 heavy (non-hydrogen) atoms. The van der Waals surface area contributed by atoms with E-state index in [1.165, 1.54) is 52.3 Å². The van der Waals surface area contributed by atoms with Crippen molar-refractivity contribution < 1.29 is 19.3 Å². The van der Waals surface area contributed by atoms with Crippen molar-refractivity contribution in [2.24, 2.45) is 11.3 Å². The number of carbonyl (C=O) groups excluding carboxylic acids is 3. The van der Waals surface area contributed by atoms with Gasteiger partial charge in [0.25, 0.3) is 17.5 Å². The second-order valence-corrected chi connectivity index (χ2v) is 15.7. The van der Waals surface area contributed by atoms with Crippen LogP contribution in [0.3, 0.4) is 0 Å². The number of nitrogens with one attached hydrogen (secondary N) is 3. The lowest BCUT2D eigenvalue weighted by Gasteiger charge is -2.33. The van der Waals surface area contributed by atoms with Crippen LogP contribution >= 0.6 is 23.1 Å². The van der Waals surface area contributed by atoms with Crippen molar-refractivity contribution in [3.8, 4) is 6.07 Å². The van der Waals surface area contributed by atoms with E-state index in [1.807, 2.05) is 13.0 Å². The molecule has 5 rings (SSSR count). The third kappa shape index (κ3) is 9.11. The Balaban J connectivity index is 1.33. The summed E-state index contributed by atoms with van der Waals surface area (Å²) in [5.74, 6) is -0.952. The van der Waals surface area contributed by atoms with E-state index >= 15 is 0 Å². The van der Waals surface area contributed by atoms with Gasteiger partial charge in [-0.15, -0.1) is 23.1 Å². The normalized spacial score (nSPS) is 14.8. The SMILES string of the molecule is CCC(Sc1cccc(NC(=O)/C(=C\c2ccccc2[N+](=O)[O-])NC(=O)c2ccccc2)c1)C(=O)Nc1sc2c(c1C#N)CCC(C(C)(C)C)C2. The van der Waals surface area contributed by atoms with Gasteiger partial charge in [-0.25, -0.2) is 0 Å². The molecule has 3 N–H and O–H groups in total. The molecule has 12 heteroatoms. The molecule has 2 atom stereocenters. The average molecular weight is 722 g/mol. The van der Waals surface area contributed by atoms with Gasteiger partial charge in [-0.3, -0.25) is 24.5 Å². The topological polar surface area (TPSA) is 154 Å². The number of nitrogens with zero attached hydrogens (tertiary/aromatic N) is 2. The van der Waals surface area contributed by atoms with Gasteiger partial charge in [-0.2, -0.15) is 5.26 Å². The highest BCUT2D eigenvalue weighted by Gasteiger charge is 2.33. The molecule has 0 fully saturated rings. The van der Waals surface area contributed by atoms with Crippen LogP contribution in [0, 0.1) is 32.8 Å². The molecule has 10 nitrogen and oxygen atoms in total. The highest BCUT2D eigenvalue weighted by Crippen LogP contribution is 2.44. The fourth-order valence-electron chi connectivity index (χ4n) is 5.93. The van der Waals surface area contributed by atoms with Gasteiger partial charge in [0.15, 0.2) is 0 Å². The lowest BCUT2D eigenvalue weighted by atomic mass is 9.72. The van der Waals surface area contributed by atoms with Gasteiger partial charge in [-0.1, -0.05) is 64.1 Å². The molecule has 0 saturated heterocycles. The largest absolute Gasteiger partial charge is 0.321 e. The van der Waals surface area contributed by atoms with Crippen LogP contribution in [0.15, 0.2) is 89.5 Å². The summed E-state index contributed by atoms with van der Waals surface area (Å²) in [7, 11) is 0. The molecule has 262 valence electrons. The molecule has 0 radical (unpaired) electrons. The molecule has 1 aromatic heterocycles. The maximum atomic E-state index is 13.6. The minimum absolute atomic E-state index is 0.141. The molecular formula is C39H39N5O5S2. The Morgan fingerprint density at radius 1 is 1.06 bits per heavy atom.